The predicted octanol–water partition coefficient (Wildman–Crippen LogP) is 4.06. The van der Waals surface area contributed by atoms with Crippen molar-refractivity contribution in [1.29, 1.82) is 0 Å². The van der Waals surface area contributed by atoms with Gasteiger partial charge in [-0.1, -0.05) is 46.0 Å². The van der Waals surface area contributed by atoms with Crippen LogP contribution in [-0.2, 0) is 0 Å². The van der Waals surface area contributed by atoms with E-state index in [1.54, 1.807) is 0 Å². The molecule has 2 nitrogen and oxygen atoms in total. The smallest absolute Gasteiger partial charge is 0.0223 e. The largest absolute Gasteiger partial charge is 0.312 e. The summed E-state index contributed by atoms with van der Waals surface area (Å²) in [6.45, 7) is 8.90. The van der Waals surface area contributed by atoms with Crippen LogP contribution in [0.25, 0.3) is 0 Å². The Hall–Kier alpha value is -0.0800. The molecule has 3 fully saturated rings. The van der Waals surface area contributed by atoms with Gasteiger partial charge in [0, 0.05) is 18.6 Å². The second-order valence-corrected chi connectivity index (χ2v) is 8.14. The standard InChI is InChI=1S/C19H36N2/c1-15-8-6-11-19(16(15)2)21-13-7-12-20-18(14-21)17-9-4-3-5-10-17/h15-20H,3-14H2,1-2H3. The van der Waals surface area contributed by atoms with Gasteiger partial charge < -0.3 is 5.32 Å². The van der Waals surface area contributed by atoms with Crippen molar-refractivity contribution in [3.63, 3.8) is 0 Å². The maximum absolute atomic E-state index is 3.90. The van der Waals surface area contributed by atoms with E-state index in [1.807, 2.05) is 0 Å². The van der Waals surface area contributed by atoms with Gasteiger partial charge in [0.1, 0.15) is 0 Å². The van der Waals surface area contributed by atoms with Crippen LogP contribution in [0.2, 0.25) is 0 Å². The molecule has 4 unspecified atom stereocenters. The molecule has 0 amide bonds. The fraction of sp³-hybridized carbons (Fsp3) is 1.00. The predicted molar refractivity (Wildman–Crippen MR) is 90.5 cm³/mol. The van der Waals surface area contributed by atoms with Crippen LogP contribution in [0.4, 0.5) is 0 Å². The highest BCUT2D eigenvalue weighted by Crippen LogP contribution is 2.34. The number of hydrogen-bond donors (Lipinski definition) is 1. The van der Waals surface area contributed by atoms with E-state index < -0.39 is 0 Å². The van der Waals surface area contributed by atoms with Crippen LogP contribution in [0.3, 0.4) is 0 Å². The fourth-order valence-electron chi connectivity index (χ4n) is 5.20. The third-order valence-electron chi connectivity index (χ3n) is 6.81. The Morgan fingerprint density at radius 3 is 2.48 bits per heavy atom. The highest BCUT2D eigenvalue weighted by molar-refractivity contribution is 4.90. The third-order valence-corrected chi connectivity index (χ3v) is 6.81. The lowest BCUT2D eigenvalue weighted by atomic mass is 9.77. The first-order valence-corrected chi connectivity index (χ1v) is 9.73. The molecule has 122 valence electrons. The van der Waals surface area contributed by atoms with Crippen molar-refractivity contribution in [2.75, 3.05) is 19.6 Å². The molecular weight excluding hydrogens is 256 g/mol. The van der Waals surface area contributed by atoms with Gasteiger partial charge in [-0.25, -0.2) is 0 Å². The lowest BCUT2D eigenvalue weighted by molar-refractivity contribution is 0.0714. The third kappa shape index (κ3) is 3.82. The molecule has 0 bridgehead atoms. The molecule has 3 rings (SSSR count). The Morgan fingerprint density at radius 2 is 1.67 bits per heavy atom. The van der Waals surface area contributed by atoms with E-state index in [9.17, 15) is 0 Å². The first-order chi connectivity index (χ1) is 10.3. The van der Waals surface area contributed by atoms with Gasteiger partial charge >= 0.3 is 0 Å². The quantitative estimate of drug-likeness (QED) is 0.826. The lowest BCUT2D eigenvalue weighted by Gasteiger charge is -2.43. The van der Waals surface area contributed by atoms with Crippen LogP contribution in [0, 0.1) is 17.8 Å². The second kappa shape index (κ2) is 7.46. The summed E-state index contributed by atoms with van der Waals surface area (Å²) < 4.78 is 0. The minimum Gasteiger partial charge on any atom is -0.312 e. The maximum Gasteiger partial charge on any atom is 0.0223 e. The van der Waals surface area contributed by atoms with E-state index in [4.69, 9.17) is 0 Å². The molecule has 21 heavy (non-hydrogen) atoms. The molecule has 2 heteroatoms. The minimum atomic E-state index is 0.775. The number of rotatable bonds is 2. The van der Waals surface area contributed by atoms with Gasteiger partial charge in [0.25, 0.3) is 0 Å². The first kappa shape index (κ1) is 15.8. The molecule has 0 aromatic heterocycles. The number of nitrogens with zero attached hydrogens (tertiary/aromatic N) is 1. The average Bonchev–Trinajstić information content (AvgIpc) is 2.77. The summed E-state index contributed by atoms with van der Waals surface area (Å²) in [5, 5.41) is 3.90. The highest BCUT2D eigenvalue weighted by Gasteiger charge is 2.34. The molecule has 0 spiro atoms. The minimum absolute atomic E-state index is 0.775. The van der Waals surface area contributed by atoms with Crippen molar-refractivity contribution < 1.29 is 0 Å². The van der Waals surface area contributed by atoms with Crippen LogP contribution >= 0.6 is 0 Å². The van der Waals surface area contributed by atoms with Crippen molar-refractivity contribution in [2.45, 2.75) is 83.7 Å². The topological polar surface area (TPSA) is 15.3 Å². The van der Waals surface area contributed by atoms with E-state index >= 15 is 0 Å². The molecule has 1 N–H and O–H groups in total. The summed E-state index contributed by atoms with van der Waals surface area (Å²) in [5.41, 5.74) is 0. The summed E-state index contributed by atoms with van der Waals surface area (Å²) in [4.78, 5) is 2.89. The fourth-order valence-corrected chi connectivity index (χ4v) is 5.20. The van der Waals surface area contributed by atoms with E-state index in [0.29, 0.717) is 0 Å². The number of nitrogens with one attached hydrogen (secondary N) is 1. The lowest BCUT2D eigenvalue weighted by Crippen LogP contribution is -2.50. The molecule has 0 aromatic carbocycles. The van der Waals surface area contributed by atoms with Crippen molar-refractivity contribution >= 4 is 0 Å². The maximum atomic E-state index is 3.90. The van der Waals surface area contributed by atoms with Crippen LogP contribution in [-0.4, -0.2) is 36.6 Å². The summed E-state index contributed by atoms with van der Waals surface area (Å²) in [6.07, 6.45) is 13.1. The summed E-state index contributed by atoms with van der Waals surface area (Å²) in [6, 6.07) is 1.64. The Kier molecular flexibility index (Phi) is 5.61. The van der Waals surface area contributed by atoms with Crippen molar-refractivity contribution in [3.8, 4) is 0 Å². The summed E-state index contributed by atoms with van der Waals surface area (Å²) in [7, 11) is 0. The molecule has 1 heterocycles. The molecule has 4 atom stereocenters. The van der Waals surface area contributed by atoms with Crippen LogP contribution in [0.1, 0.15) is 71.6 Å². The Balaban J connectivity index is 1.63. The zero-order chi connectivity index (χ0) is 14.7. The van der Waals surface area contributed by atoms with E-state index in [1.165, 1.54) is 77.4 Å². The Labute approximate surface area is 132 Å². The Morgan fingerprint density at radius 1 is 0.857 bits per heavy atom. The number of hydrogen-bond acceptors (Lipinski definition) is 2. The normalized spacial score (nSPS) is 40.9. The molecule has 1 saturated heterocycles. The second-order valence-electron chi connectivity index (χ2n) is 8.14. The van der Waals surface area contributed by atoms with Gasteiger partial charge in [-0.2, -0.15) is 0 Å². The van der Waals surface area contributed by atoms with Gasteiger partial charge in [0.2, 0.25) is 0 Å². The van der Waals surface area contributed by atoms with E-state index in [-0.39, 0.29) is 0 Å². The SMILES string of the molecule is CC1CCCC(N2CCCNC(C3CCCCC3)C2)C1C. The molecule has 2 saturated carbocycles. The van der Waals surface area contributed by atoms with E-state index in [2.05, 4.69) is 24.1 Å². The molecular formula is C19H36N2. The molecule has 2 aliphatic carbocycles. The molecule has 1 aliphatic heterocycles. The van der Waals surface area contributed by atoms with Gasteiger partial charge in [-0.05, 0) is 56.5 Å². The van der Waals surface area contributed by atoms with Gasteiger partial charge in [0.15, 0.2) is 0 Å². The monoisotopic (exact) mass is 292 g/mol. The van der Waals surface area contributed by atoms with Crippen LogP contribution < -0.4 is 5.32 Å². The molecule has 0 radical (unpaired) electrons. The van der Waals surface area contributed by atoms with Crippen LogP contribution in [0.5, 0.6) is 0 Å². The molecule has 3 aliphatic rings. The zero-order valence-corrected chi connectivity index (χ0v) is 14.3. The van der Waals surface area contributed by atoms with Gasteiger partial charge in [0.05, 0.1) is 0 Å². The average molecular weight is 293 g/mol. The highest BCUT2D eigenvalue weighted by atomic mass is 15.2. The summed E-state index contributed by atoms with van der Waals surface area (Å²) in [5.74, 6) is 2.77. The Bertz CT molecular complexity index is 311. The van der Waals surface area contributed by atoms with Crippen molar-refractivity contribution in [3.05, 3.63) is 0 Å². The van der Waals surface area contributed by atoms with Gasteiger partial charge in [-0.15, -0.1) is 0 Å². The summed E-state index contributed by atoms with van der Waals surface area (Å²) >= 11 is 0. The van der Waals surface area contributed by atoms with E-state index in [0.717, 1.165) is 29.8 Å². The van der Waals surface area contributed by atoms with Crippen LogP contribution in [0.15, 0.2) is 0 Å². The van der Waals surface area contributed by atoms with Crippen molar-refractivity contribution in [1.82, 2.24) is 10.2 Å². The van der Waals surface area contributed by atoms with Gasteiger partial charge in [-0.3, -0.25) is 4.90 Å². The van der Waals surface area contributed by atoms with Crippen molar-refractivity contribution in [2.24, 2.45) is 17.8 Å². The first-order valence-electron chi connectivity index (χ1n) is 9.73. The zero-order valence-electron chi connectivity index (χ0n) is 14.3. The molecule has 0 aromatic rings.